The van der Waals surface area contributed by atoms with Crippen LogP contribution in [0.15, 0.2) is 12.2 Å². The van der Waals surface area contributed by atoms with Gasteiger partial charge in [0.15, 0.2) is 0 Å². The van der Waals surface area contributed by atoms with Crippen LogP contribution in [0.4, 0.5) is 0 Å². The molecule has 1 rings (SSSR count). The molecule has 3 nitrogen and oxygen atoms in total. The van der Waals surface area contributed by atoms with Gasteiger partial charge in [-0.25, -0.2) is 0 Å². The molecule has 0 amide bonds. The second-order valence-corrected chi connectivity index (χ2v) is 7.89. The summed E-state index contributed by atoms with van der Waals surface area (Å²) in [5, 5.41) is 18.2. The molecular weight excluding hydrogens is 324 g/mol. The van der Waals surface area contributed by atoms with E-state index in [-0.39, 0.29) is 6.10 Å². The van der Waals surface area contributed by atoms with Crippen LogP contribution >= 0.6 is 11.6 Å². The Labute approximate surface area is 152 Å². The second kappa shape index (κ2) is 12.8. The molecular formula is C20H35ClO3. The first kappa shape index (κ1) is 21.5. The molecule has 140 valence electrons. The molecule has 0 bridgehead atoms. The SMILES string of the molecule is CC(O)CCCC/C=C/C1CCC(Cl)[C@@H]1CCCCCCC(=O)O. The van der Waals surface area contributed by atoms with E-state index < -0.39 is 5.97 Å². The fourth-order valence-electron chi connectivity index (χ4n) is 3.66. The Morgan fingerprint density at radius 1 is 1.17 bits per heavy atom. The van der Waals surface area contributed by atoms with Crippen LogP contribution in [0.2, 0.25) is 0 Å². The minimum Gasteiger partial charge on any atom is -0.481 e. The maximum atomic E-state index is 10.5. The standard InChI is InChI=1S/C20H35ClO3/c1-16(22)10-6-2-3-7-11-17-14-15-19(21)18(17)12-8-4-5-9-13-20(23)24/h7,11,16-19,22H,2-6,8-10,12-15H2,1H3,(H,23,24)/b11-7+/t16?,17?,18-,19?/m1/s1. The third-order valence-electron chi connectivity index (χ3n) is 5.09. The minimum absolute atomic E-state index is 0.180. The fourth-order valence-corrected chi connectivity index (χ4v) is 4.10. The van der Waals surface area contributed by atoms with E-state index in [0.29, 0.717) is 23.6 Å². The molecule has 0 radical (unpaired) electrons. The number of aliphatic hydroxyl groups is 1. The zero-order valence-electron chi connectivity index (χ0n) is 15.1. The van der Waals surface area contributed by atoms with E-state index in [0.717, 1.165) is 64.2 Å². The van der Waals surface area contributed by atoms with Gasteiger partial charge in [0.2, 0.25) is 0 Å². The summed E-state index contributed by atoms with van der Waals surface area (Å²) in [6.45, 7) is 1.85. The van der Waals surface area contributed by atoms with Crippen LogP contribution in [-0.4, -0.2) is 27.7 Å². The van der Waals surface area contributed by atoms with E-state index in [1.807, 2.05) is 6.92 Å². The number of aliphatic hydroxyl groups excluding tert-OH is 1. The van der Waals surface area contributed by atoms with Crippen LogP contribution < -0.4 is 0 Å². The fraction of sp³-hybridized carbons (Fsp3) is 0.850. The minimum atomic E-state index is -0.690. The summed E-state index contributed by atoms with van der Waals surface area (Å²) in [6, 6.07) is 0. The topological polar surface area (TPSA) is 57.5 Å². The quantitative estimate of drug-likeness (QED) is 0.258. The van der Waals surface area contributed by atoms with Gasteiger partial charge in [0.1, 0.15) is 0 Å². The van der Waals surface area contributed by atoms with Gasteiger partial charge < -0.3 is 10.2 Å². The maximum absolute atomic E-state index is 10.5. The van der Waals surface area contributed by atoms with E-state index >= 15 is 0 Å². The van der Waals surface area contributed by atoms with Crippen molar-refractivity contribution in [3.8, 4) is 0 Å². The molecule has 1 saturated carbocycles. The van der Waals surface area contributed by atoms with Crippen molar-refractivity contribution >= 4 is 17.6 Å². The van der Waals surface area contributed by atoms with Crippen LogP contribution in [0.25, 0.3) is 0 Å². The molecule has 0 aromatic carbocycles. The number of halogens is 1. The molecule has 0 spiro atoms. The van der Waals surface area contributed by atoms with Gasteiger partial charge in [-0.1, -0.05) is 37.8 Å². The van der Waals surface area contributed by atoms with E-state index in [1.165, 1.54) is 6.42 Å². The number of carboxylic acid groups (broad SMARTS) is 1. The van der Waals surface area contributed by atoms with Crippen molar-refractivity contribution < 1.29 is 15.0 Å². The summed E-state index contributed by atoms with van der Waals surface area (Å²) in [6.07, 6.45) is 16.6. The van der Waals surface area contributed by atoms with Crippen molar-refractivity contribution in [2.75, 3.05) is 0 Å². The van der Waals surface area contributed by atoms with E-state index in [9.17, 15) is 9.90 Å². The Hall–Kier alpha value is -0.540. The van der Waals surface area contributed by atoms with Crippen molar-refractivity contribution in [2.45, 2.75) is 95.5 Å². The summed E-state index contributed by atoms with van der Waals surface area (Å²) in [5.41, 5.74) is 0. The first-order valence-corrected chi connectivity index (χ1v) is 10.1. The number of allylic oxidation sites excluding steroid dienone is 2. The van der Waals surface area contributed by atoms with Crippen LogP contribution in [0, 0.1) is 11.8 Å². The van der Waals surface area contributed by atoms with Crippen molar-refractivity contribution in [2.24, 2.45) is 11.8 Å². The number of alkyl halides is 1. The smallest absolute Gasteiger partial charge is 0.303 e. The summed E-state index contributed by atoms with van der Waals surface area (Å²) < 4.78 is 0. The average Bonchev–Trinajstić information content (AvgIpc) is 2.86. The molecule has 4 atom stereocenters. The van der Waals surface area contributed by atoms with Crippen LogP contribution in [0.1, 0.15) is 84.0 Å². The highest BCUT2D eigenvalue weighted by atomic mass is 35.5. The highest BCUT2D eigenvalue weighted by Gasteiger charge is 2.32. The average molecular weight is 359 g/mol. The third kappa shape index (κ3) is 9.68. The summed E-state index contributed by atoms with van der Waals surface area (Å²) >= 11 is 6.51. The number of hydrogen-bond acceptors (Lipinski definition) is 2. The molecule has 0 aliphatic heterocycles. The Morgan fingerprint density at radius 2 is 1.92 bits per heavy atom. The lowest BCUT2D eigenvalue weighted by molar-refractivity contribution is -0.137. The highest BCUT2D eigenvalue weighted by Crippen LogP contribution is 2.40. The van der Waals surface area contributed by atoms with Crippen molar-refractivity contribution in [1.82, 2.24) is 0 Å². The first-order valence-electron chi connectivity index (χ1n) is 9.71. The van der Waals surface area contributed by atoms with E-state index in [4.69, 9.17) is 16.7 Å². The van der Waals surface area contributed by atoms with Gasteiger partial charge in [-0.05, 0) is 63.7 Å². The molecule has 0 aromatic rings. The number of aliphatic carboxylic acids is 1. The van der Waals surface area contributed by atoms with Gasteiger partial charge >= 0.3 is 5.97 Å². The van der Waals surface area contributed by atoms with Gasteiger partial charge in [-0.2, -0.15) is 0 Å². The zero-order valence-corrected chi connectivity index (χ0v) is 15.9. The predicted octanol–water partition coefficient (Wildman–Crippen LogP) is 5.54. The van der Waals surface area contributed by atoms with Crippen molar-refractivity contribution in [3.05, 3.63) is 12.2 Å². The molecule has 0 saturated heterocycles. The summed E-state index contributed by atoms with van der Waals surface area (Å²) in [4.78, 5) is 10.5. The molecule has 1 aliphatic carbocycles. The van der Waals surface area contributed by atoms with Gasteiger partial charge in [0.25, 0.3) is 0 Å². The molecule has 2 N–H and O–H groups in total. The molecule has 1 aliphatic rings. The van der Waals surface area contributed by atoms with Gasteiger partial charge in [-0.3, -0.25) is 4.79 Å². The first-order chi connectivity index (χ1) is 11.5. The number of rotatable bonds is 13. The summed E-state index contributed by atoms with van der Waals surface area (Å²) in [5.74, 6) is 0.508. The Balaban J connectivity index is 2.18. The van der Waals surface area contributed by atoms with E-state index in [1.54, 1.807) is 0 Å². The molecule has 24 heavy (non-hydrogen) atoms. The zero-order chi connectivity index (χ0) is 17.8. The van der Waals surface area contributed by atoms with Crippen molar-refractivity contribution in [1.29, 1.82) is 0 Å². The van der Waals surface area contributed by atoms with Gasteiger partial charge in [0.05, 0.1) is 6.10 Å². The maximum Gasteiger partial charge on any atom is 0.303 e. The van der Waals surface area contributed by atoms with Crippen LogP contribution in [0.3, 0.4) is 0 Å². The normalized spacial score (nSPS) is 25.4. The molecule has 1 fully saturated rings. The monoisotopic (exact) mass is 358 g/mol. The molecule has 4 heteroatoms. The lowest BCUT2D eigenvalue weighted by atomic mass is 9.89. The Bertz CT molecular complexity index is 368. The largest absolute Gasteiger partial charge is 0.481 e. The molecule has 0 aromatic heterocycles. The summed E-state index contributed by atoms with van der Waals surface area (Å²) in [7, 11) is 0. The number of hydrogen-bond donors (Lipinski definition) is 2. The van der Waals surface area contributed by atoms with E-state index in [2.05, 4.69) is 12.2 Å². The predicted molar refractivity (Wildman–Crippen MR) is 100 cm³/mol. The second-order valence-electron chi connectivity index (χ2n) is 7.33. The number of carbonyl (C=O) groups is 1. The Morgan fingerprint density at radius 3 is 2.62 bits per heavy atom. The lowest BCUT2D eigenvalue weighted by Crippen LogP contribution is -2.13. The Kier molecular flexibility index (Phi) is 11.4. The van der Waals surface area contributed by atoms with Crippen molar-refractivity contribution in [3.63, 3.8) is 0 Å². The lowest BCUT2D eigenvalue weighted by Gasteiger charge is -2.19. The number of unbranched alkanes of at least 4 members (excludes halogenated alkanes) is 5. The number of carboxylic acids is 1. The van der Waals surface area contributed by atoms with Gasteiger partial charge in [-0.15, -0.1) is 11.6 Å². The molecule has 0 heterocycles. The highest BCUT2D eigenvalue weighted by molar-refractivity contribution is 6.21. The molecule has 3 unspecified atom stereocenters. The van der Waals surface area contributed by atoms with Crippen LogP contribution in [-0.2, 0) is 4.79 Å². The van der Waals surface area contributed by atoms with Gasteiger partial charge in [0, 0.05) is 11.8 Å². The third-order valence-corrected chi connectivity index (χ3v) is 5.64. The van der Waals surface area contributed by atoms with Crippen LogP contribution in [0.5, 0.6) is 0 Å².